The van der Waals surface area contributed by atoms with E-state index >= 15 is 0 Å². The number of carbonyl (C=O) groups excluding carboxylic acids is 2. The summed E-state index contributed by atoms with van der Waals surface area (Å²) in [6, 6.07) is 12.8. The molecule has 2 aromatic carbocycles. The monoisotopic (exact) mass is 478 g/mol. The third-order valence-corrected chi connectivity index (χ3v) is 6.66. The Kier molecular flexibility index (Phi) is 7.93. The Morgan fingerprint density at radius 1 is 1.03 bits per heavy atom. The summed E-state index contributed by atoms with van der Waals surface area (Å²) in [6.45, 7) is 14.6. The van der Waals surface area contributed by atoms with Crippen molar-refractivity contribution in [2.45, 2.75) is 59.4 Å². The maximum atomic E-state index is 13.3. The van der Waals surface area contributed by atoms with E-state index in [1.165, 1.54) is 7.11 Å². The Morgan fingerprint density at radius 2 is 1.66 bits per heavy atom. The molecule has 0 aliphatic carbocycles. The van der Waals surface area contributed by atoms with Crippen molar-refractivity contribution >= 4 is 23.1 Å². The van der Waals surface area contributed by atoms with Crippen LogP contribution in [-0.2, 0) is 15.0 Å². The summed E-state index contributed by atoms with van der Waals surface area (Å²) >= 11 is 0. The van der Waals surface area contributed by atoms with Gasteiger partial charge in [-0.1, -0.05) is 45.9 Å². The fraction of sp³-hybridized carbons (Fsp3) is 0.448. The van der Waals surface area contributed by atoms with E-state index in [0.29, 0.717) is 24.3 Å². The van der Waals surface area contributed by atoms with Gasteiger partial charge in [0.15, 0.2) is 0 Å². The lowest BCUT2D eigenvalue weighted by Crippen LogP contribution is -2.30. The zero-order chi connectivity index (χ0) is 25.9. The minimum absolute atomic E-state index is 0.100. The van der Waals surface area contributed by atoms with Crippen LogP contribution in [0.15, 0.2) is 48.0 Å². The van der Waals surface area contributed by atoms with E-state index in [4.69, 9.17) is 4.74 Å². The van der Waals surface area contributed by atoms with Gasteiger partial charge >= 0.3 is 0 Å². The highest BCUT2D eigenvalue weighted by Crippen LogP contribution is 2.42. The summed E-state index contributed by atoms with van der Waals surface area (Å²) in [7, 11) is 1.53. The number of benzene rings is 2. The van der Waals surface area contributed by atoms with Gasteiger partial charge in [0.05, 0.1) is 24.3 Å². The summed E-state index contributed by atoms with van der Waals surface area (Å²) in [5.74, 6) is -1.01. The van der Waals surface area contributed by atoms with Crippen molar-refractivity contribution in [3.8, 4) is 5.75 Å². The zero-order valence-corrected chi connectivity index (χ0v) is 22.0. The first-order chi connectivity index (χ1) is 16.6. The Morgan fingerprint density at radius 3 is 2.17 bits per heavy atom. The molecule has 1 fully saturated rings. The average Bonchev–Trinajstić information content (AvgIpc) is 3.09. The van der Waals surface area contributed by atoms with Crippen LogP contribution in [0.3, 0.4) is 0 Å². The van der Waals surface area contributed by atoms with Gasteiger partial charge in [-0.15, -0.1) is 0 Å². The van der Waals surface area contributed by atoms with E-state index in [-0.39, 0.29) is 16.7 Å². The van der Waals surface area contributed by atoms with Crippen LogP contribution in [-0.4, -0.2) is 48.4 Å². The van der Waals surface area contributed by atoms with Gasteiger partial charge in [-0.25, -0.2) is 0 Å². The van der Waals surface area contributed by atoms with Crippen molar-refractivity contribution in [1.82, 2.24) is 4.90 Å². The first-order valence-corrected chi connectivity index (χ1v) is 12.4. The van der Waals surface area contributed by atoms with E-state index in [1.807, 2.05) is 43.3 Å². The predicted octanol–water partition coefficient (Wildman–Crippen LogP) is 5.67. The lowest BCUT2D eigenvalue weighted by Gasteiger charge is -2.26. The van der Waals surface area contributed by atoms with Crippen molar-refractivity contribution in [1.29, 1.82) is 0 Å². The summed E-state index contributed by atoms with van der Waals surface area (Å²) in [5, 5.41) is 11.5. The molecule has 0 aromatic heterocycles. The zero-order valence-electron chi connectivity index (χ0n) is 22.0. The molecule has 1 heterocycles. The van der Waals surface area contributed by atoms with E-state index in [0.717, 1.165) is 29.9 Å². The highest BCUT2D eigenvalue weighted by Gasteiger charge is 2.46. The predicted molar refractivity (Wildman–Crippen MR) is 141 cm³/mol. The van der Waals surface area contributed by atoms with Gasteiger partial charge in [-0.2, -0.15) is 0 Å². The molecular formula is C29H38N2O4. The van der Waals surface area contributed by atoms with Crippen molar-refractivity contribution in [3.05, 3.63) is 64.7 Å². The number of methoxy groups -OCH3 is 1. The highest BCUT2D eigenvalue weighted by molar-refractivity contribution is 6.46. The number of hydrogen-bond acceptors (Lipinski definition) is 5. The first kappa shape index (κ1) is 26.3. The molecule has 0 saturated carbocycles. The first-order valence-electron chi connectivity index (χ1n) is 12.4. The summed E-state index contributed by atoms with van der Waals surface area (Å²) < 4.78 is 5.53. The topological polar surface area (TPSA) is 70.1 Å². The molecule has 6 nitrogen and oxygen atoms in total. The molecule has 0 radical (unpaired) electrons. The Labute approximate surface area is 209 Å². The van der Waals surface area contributed by atoms with Crippen LogP contribution in [0.5, 0.6) is 5.75 Å². The summed E-state index contributed by atoms with van der Waals surface area (Å²) in [6.07, 6.45) is 0.698. The number of anilines is 1. The Bertz CT molecular complexity index is 1110. The molecular weight excluding hydrogens is 440 g/mol. The minimum Gasteiger partial charge on any atom is -0.507 e. The van der Waals surface area contributed by atoms with Gasteiger partial charge in [-0.3, -0.25) is 9.59 Å². The Hall–Kier alpha value is -3.28. The number of nitrogens with zero attached hydrogens (tertiary/aromatic N) is 2. The highest BCUT2D eigenvalue weighted by atomic mass is 16.5. The lowest BCUT2D eigenvalue weighted by atomic mass is 9.85. The van der Waals surface area contributed by atoms with Gasteiger partial charge in [0.1, 0.15) is 11.5 Å². The fourth-order valence-electron chi connectivity index (χ4n) is 4.66. The molecule has 1 atom stereocenters. The van der Waals surface area contributed by atoms with Gasteiger partial charge in [0.2, 0.25) is 0 Å². The van der Waals surface area contributed by atoms with E-state index < -0.39 is 17.7 Å². The SMILES string of the molecule is CCCN1C(=O)C(=O)/C(=C(/O)c2cc(C(C)(C)C)ccc2OC)C1c1ccc(N(CC)CC)cc1. The number of ether oxygens (including phenoxy) is 1. The lowest BCUT2D eigenvalue weighted by molar-refractivity contribution is -0.139. The van der Waals surface area contributed by atoms with Gasteiger partial charge in [0.25, 0.3) is 11.7 Å². The van der Waals surface area contributed by atoms with Crippen LogP contribution in [0.4, 0.5) is 5.69 Å². The standard InChI is InChI=1S/C29H38N2O4/c1-8-17-31-25(19-11-14-21(15-12-19)30(9-2)10-3)24(27(33)28(31)34)26(32)22-18-20(29(4,5)6)13-16-23(22)35-7/h11-16,18,25,32H,8-10,17H2,1-7H3/b26-24+. The van der Waals surface area contributed by atoms with E-state index in [1.54, 1.807) is 11.0 Å². The second-order valence-corrected chi connectivity index (χ2v) is 9.92. The molecule has 3 rings (SSSR count). The molecule has 1 aliphatic rings. The number of aliphatic hydroxyl groups excluding tert-OH is 1. The third-order valence-electron chi connectivity index (χ3n) is 6.66. The van der Waals surface area contributed by atoms with E-state index in [9.17, 15) is 14.7 Å². The Balaban J connectivity index is 2.21. The van der Waals surface area contributed by atoms with Crippen LogP contribution in [0.2, 0.25) is 0 Å². The van der Waals surface area contributed by atoms with Crippen molar-refractivity contribution < 1.29 is 19.4 Å². The number of amides is 1. The van der Waals surface area contributed by atoms with Crippen LogP contribution < -0.4 is 9.64 Å². The number of hydrogen-bond donors (Lipinski definition) is 1. The molecule has 188 valence electrons. The number of ketones is 1. The number of likely N-dealkylation sites (tertiary alicyclic amines) is 1. The molecule has 35 heavy (non-hydrogen) atoms. The van der Waals surface area contributed by atoms with Gasteiger partial charge in [-0.05, 0) is 61.1 Å². The quantitative estimate of drug-likeness (QED) is 0.301. The molecule has 1 unspecified atom stereocenters. The van der Waals surface area contributed by atoms with Crippen LogP contribution in [0.25, 0.3) is 5.76 Å². The molecule has 1 aliphatic heterocycles. The molecule has 1 amide bonds. The second kappa shape index (κ2) is 10.5. The van der Waals surface area contributed by atoms with Crippen molar-refractivity contribution in [2.24, 2.45) is 0 Å². The normalized spacial score (nSPS) is 17.7. The van der Waals surface area contributed by atoms with E-state index in [2.05, 4.69) is 39.5 Å². The third kappa shape index (κ3) is 5.07. The molecule has 0 bridgehead atoms. The number of rotatable bonds is 8. The number of aliphatic hydroxyl groups is 1. The van der Waals surface area contributed by atoms with Crippen molar-refractivity contribution in [2.75, 3.05) is 31.6 Å². The van der Waals surface area contributed by atoms with Crippen molar-refractivity contribution in [3.63, 3.8) is 0 Å². The molecule has 0 spiro atoms. The largest absolute Gasteiger partial charge is 0.507 e. The van der Waals surface area contributed by atoms with Crippen LogP contribution in [0.1, 0.15) is 70.7 Å². The maximum Gasteiger partial charge on any atom is 0.295 e. The van der Waals surface area contributed by atoms with Crippen LogP contribution in [0, 0.1) is 0 Å². The molecule has 2 aromatic rings. The average molecular weight is 479 g/mol. The maximum absolute atomic E-state index is 13.3. The minimum atomic E-state index is -0.669. The summed E-state index contributed by atoms with van der Waals surface area (Å²) in [5.41, 5.74) is 3.20. The van der Waals surface area contributed by atoms with Gasteiger partial charge < -0.3 is 19.6 Å². The smallest absolute Gasteiger partial charge is 0.295 e. The fourth-order valence-corrected chi connectivity index (χ4v) is 4.66. The second-order valence-electron chi connectivity index (χ2n) is 9.92. The van der Waals surface area contributed by atoms with Gasteiger partial charge in [0, 0.05) is 25.3 Å². The molecule has 1 saturated heterocycles. The number of Topliss-reactive ketones (excluding diaryl/α,β-unsaturated/α-hetero) is 1. The molecule has 6 heteroatoms. The van der Waals surface area contributed by atoms with Crippen LogP contribution >= 0.6 is 0 Å². The number of carbonyl (C=O) groups is 2. The summed E-state index contributed by atoms with van der Waals surface area (Å²) in [4.78, 5) is 30.1. The molecule has 1 N–H and O–H groups in total.